The first-order valence-corrected chi connectivity index (χ1v) is 9.05. The number of rotatable bonds is 5. The molecule has 21 heavy (non-hydrogen) atoms. The van der Waals surface area contributed by atoms with Crippen molar-refractivity contribution in [3.8, 4) is 0 Å². The van der Waals surface area contributed by atoms with Gasteiger partial charge in [-0.1, -0.05) is 24.3 Å². The van der Waals surface area contributed by atoms with Crippen molar-refractivity contribution in [3.63, 3.8) is 0 Å². The van der Waals surface area contributed by atoms with Crippen LogP contribution in [0.15, 0.2) is 52.3 Å². The van der Waals surface area contributed by atoms with Crippen molar-refractivity contribution in [1.29, 1.82) is 0 Å². The Labute approximate surface area is 129 Å². The third-order valence-electron chi connectivity index (χ3n) is 3.21. The van der Waals surface area contributed by atoms with Crippen LogP contribution in [-0.4, -0.2) is 19.8 Å². The maximum Gasteiger partial charge on any atom is 0.262 e. The van der Waals surface area contributed by atoms with Crippen LogP contribution < -0.4 is 4.72 Å². The van der Waals surface area contributed by atoms with E-state index in [0.29, 0.717) is 16.8 Å². The van der Waals surface area contributed by atoms with E-state index in [4.69, 9.17) is 0 Å². The van der Waals surface area contributed by atoms with Crippen LogP contribution in [0, 0.1) is 6.92 Å². The van der Waals surface area contributed by atoms with Gasteiger partial charge in [0.1, 0.15) is 0 Å². The quantitative estimate of drug-likeness (QED) is 0.830. The molecule has 2 rings (SSSR count). The van der Waals surface area contributed by atoms with Crippen LogP contribution in [0.1, 0.15) is 11.1 Å². The SMILES string of the molecule is CSc1ccccc1NS(=O)(=O)c1cccc(CO)c1C. The smallest absolute Gasteiger partial charge is 0.262 e. The zero-order valence-electron chi connectivity index (χ0n) is 11.8. The maximum absolute atomic E-state index is 12.6. The van der Waals surface area contributed by atoms with E-state index >= 15 is 0 Å². The number of nitrogens with one attached hydrogen (secondary N) is 1. The van der Waals surface area contributed by atoms with Crippen molar-refractivity contribution in [2.24, 2.45) is 0 Å². The summed E-state index contributed by atoms with van der Waals surface area (Å²) in [4.78, 5) is 1.04. The Morgan fingerprint density at radius 3 is 2.52 bits per heavy atom. The lowest BCUT2D eigenvalue weighted by molar-refractivity contribution is 0.280. The van der Waals surface area contributed by atoms with Gasteiger partial charge in [-0.3, -0.25) is 4.72 Å². The molecule has 0 fully saturated rings. The lowest BCUT2D eigenvalue weighted by Gasteiger charge is -2.14. The maximum atomic E-state index is 12.6. The summed E-state index contributed by atoms with van der Waals surface area (Å²) >= 11 is 1.48. The predicted molar refractivity (Wildman–Crippen MR) is 86.1 cm³/mol. The molecule has 0 aliphatic carbocycles. The van der Waals surface area contributed by atoms with Gasteiger partial charge in [0.25, 0.3) is 10.0 Å². The van der Waals surface area contributed by atoms with Crippen molar-refractivity contribution in [1.82, 2.24) is 0 Å². The van der Waals surface area contributed by atoms with Gasteiger partial charge in [-0.15, -0.1) is 11.8 Å². The molecular weight excluding hydrogens is 306 g/mol. The summed E-state index contributed by atoms with van der Waals surface area (Å²) in [6, 6.07) is 12.1. The highest BCUT2D eigenvalue weighted by Crippen LogP contribution is 2.28. The van der Waals surface area contributed by atoms with Crippen molar-refractivity contribution < 1.29 is 13.5 Å². The molecule has 6 heteroatoms. The fourth-order valence-electron chi connectivity index (χ4n) is 2.05. The first-order valence-electron chi connectivity index (χ1n) is 6.35. The van der Waals surface area contributed by atoms with Gasteiger partial charge < -0.3 is 5.11 Å². The number of para-hydroxylation sites is 1. The predicted octanol–water partition coefficient (Wildman–Crippen LogP) is 3.01. The number of sulfonamides is 1. The number of aliphatic hydroxyl groups excluding tert-OH is 1. The molecular formula is C15H17NO3S2. The highest BCUT2D eigenvalue weighted by Gasteiger charge is 2.19. The van der Waals surface area contributed by atoms with Crippen molar-refractivity contribution >= 4 is 27.5 Å². The molecule has 0 aliphatic rings. The van der Waals surface area contributed by atoms with Gasteiger partial charge in [-0.2, -0.15) is 0 Å². The number of hydrogen-bond donors (Lipinski definition) is 2. The molecule has 0 aromatic heterocycles. The van der Waals surface area contributed by atoms with Gasteiger partial charge in [-0.05, 0) is 42.5 Å². The van der Waals surface area contributed by atoms with Crippen molar-refractivity contribution in [3.05, 3.63) is 53.6 Å². The number of benzene rings is 2. The highest BCUT2D eigenvalue weighted by molar-refractivity contribution is 7.99. The van der Waals surface area contributed by atoms with E-state index in [-0.39, 0.29) is 11.5 Å². The second-order valence-electron chi connectivity index (χ2n) is 4.50. The monoisotopic (exact) mass is 323 g/mol. The molecule has 0 atom stereocenters. The molecule has 2 aromatic rings. The minimum Gasteiger partial charge on any atom is -0.392 e. The van der Waals surface area contributed by atoms with Crippen LogP contribution in [0.4, 0.5) is 5.69 Å². The Bertz CT molecular complexity index is 742. The van der Waals surface area contributed by atoms with E-state index in [1.807, 2.05) is 18.4 Å². The topological polar surface area (TPSA) is 66.4 Å². The summed E-state index contributed by atoms with van der Waals surface area (Å²) in [5.41, 5.74) is 1.73. The molecule has 0 bridgehead atoms. The molecule has 0 amide bonds. The van der Waals surface area contributed by atoms with Crippen LogP contribution in [0.3, 0.4) is 0 Å². The fraction of sp³-hybridized carbons (Fsp3) is 0.200. The minimum absolute atomic E-state index is 0.184. The van der Waals surface area contributed by atoms with E-state index in [9.17, 15) is 13.5 Å². The summed E-state index contributed by atoms with van der Waals surface area (Å²) in [5.74, 6) is 0. The largest absolute Gasteiger partial charge is 0.392 e. The second kappa shape index (κ2) is 6.51. The Hall–Kier alpha value is -1.50. The first kappa shape index (κ1) is 15.9. The van der Waals surface area contributed by atoms with Crippen LogP contribution in [0.25, 0.3) is 0 Å². The standard InChI is InChI=1S/C15H17NO3S2/c1-11-12(10-17)6-5-9-15(11)21(18,19)16-13-7-3-4-8-14(13)20-2/h3-9,16-17H,10H2,1-2H3. The minimum atomic E-state index is -3.68. The summed E-state index contributed by atoms with van der Waals surface area (Å²) in [7, 11) is -3.68. The third-order valence-corrected chi connectivity index (χ3v) is 5.51. The molecule has 0 unspecified atom stereocenters. The van der Waals surface area contributed by atoms with Gasteiger partial charge in [0.2, 0.25) is 0 Å². The normalized spacial score (nSPS) is 11.4. The Balaban J connectivity index is 2.44. The van der Waals surface area contributed by atoms with E-state index in [1.165, 1.54) is 11.8 Å². The zero-order valence-corrected chi connectivity index (χ0v) is 13.5. The summed E-state index contributed by atoms with van der Waals surface area (Å²) in [6.07, 6.45) is 1.89. The van der Waals surface area contributed by atoms with Crippen LogP contribution in [-0.2, 0) is 16.6 Å². The fourth-order valence-corrected chi connectivity index (χ4v) is 4.04. The average Bonchev–Trinajstić information content (AvgIpc) is 2.47. The average molecular weight is 323 g/mol. The van der Waals surface area contributed by atoms with Gasteiger partial charge in [-0.25, -0.2) is 8.42 Å². The molecule has 0 radical (unpaired) electrons. The van der Waals surface area contributed by atoms with Gasteiger partial charge in [0.15, 0.2) is 0 Å². The number of thioether (sulfide) groups is 1. The lowest BCUT2D eigenvalue weighted by Crippen LogP contribution is -2.15. The summed E-state index contributed by atoms with van der Waals surface area (Å²) in [5, 5.41) is 9.26. The van der Waals surface area contributed by atoms with Gasteiger partial charge in [0, 0.05) is 4.90 Å². The van der Waals surface area contributed by atoms with Crippen molar-refractivity contribution in [2.45, 2.75) is 23.3 Å². The molecule has 0 aliphatic heterocycles. The zero-order chi connectivity index (χ0) is 15.5. The lowest BCUT2D eigenvalue weighted by atomic mass is 10.1. The number of aliphatic hydroxyl groups is 1. The number of hydrogen-bond acceptors (Lipinski definition) is 4. The summed E-state index contributed by atoms with van der Waals surface area (Å²) < 4.78 is 27.7. The van der Waals surface area contributed by atoms with E-state index in [0.717, 1.165) is 4.90 Å². The molecule has 0 saturated carbocycles. The van der Waals surface area contributed by atoms with Crippen LogP contribution in [0.2, 0.25) is 0 Å². The molecule has 0 heterocycles. The molecule has 112 valence electrons. The van der Waals surface area contributed by atoms with Crippen LogP contribution in [0.5, 0.6) is 0 Å². The van der Waals surface area contributed by atoms with Crippen LogP contribution >= 0.6 is 11.8 Å². The highest BCUT2D eigenvalue weighted by atomic mass is 32.2. The first-order chi connectivity index (χ1) is 9.99. The molecule has 4 nitrogen and oxygen atoms in total. The van der Waals surface area contributed by atoms with E-state index < -0.39 is 10.0 Å². The Morgan fingerprint density at radius 1 is 1.14 bits per heavy atom. The Morgan fingerprint density at radius 2 is 1.86 bits per heavy atom. The summed E-state index contributed by atoms with van der Waals surface area (Å²) in [6.45, 7) is 1.51. The molecule has 0 spiro atoms. The van der Waals surface area contributed by atoms with Crippen molar-refractivity contribution in [2.75, 3.05) is 11.0 Å². The Kier molecular flexibility index (Phi) is 4.92. The molecule has 0 saturated heterocycles. The third kappa shape index (κ3) is 3.40. The number of anilines is 1. The second-order valence-corrected chi connectivity index (χ2v) is 7.00. The van der Waals surface area contributed by atoms with Gasteiger partial charge >= 0.3 is 0 Å². The van der Waals surface area contributed by atoms with E-state index in [1.54, 1.807) is 37.3 Å². The van der Waals surface area contributed by atoms with Gasteiger partial charge in [0.05, 0.1) is 17.2 Å². The van der Waals surface area contributed by atoms with E-state index in [2.05, 4.69) is 4.72 Å². The molecule has 2 aromatic carbocycles. The molecule has 2 N–H and O–H groups in total.